The lowest BCUT2D eigenvalue weighted by molar-refractivity contribution is 0.312. The molecule has 2 aromatic heterocycles. The number of likely N-dealkylation sites (N-methyl/N-ethyl adjacent to an activating group) is 1. The Balaban J connectivity index is 0.000000574. The summed E-state index contributed by atoms with van der Waals surface area (Å²) >= 11 is 0. The summed E-state index contributed by atoms with van der Waals surface area (Å²) in [5, 5.41) is 1.23. The largest absolute Gasteiger partial charge is 0.361 e. The molecule has 0 aromatic carbocycles. The Bertz CT molecular complexity index is 483. The molecule has 1 saturated heterocycles. The van der Waals surface area contributed by atoms with Crippen LogP contribution in [0.1, 0.15) is 13.8 Å². The first-order valence-corrected chi connectivity index (χ1v) is 6.70. The zero-order valence-electron chi connectivity index (χ0n) is 11.5. The predicted octanol–water partition coefficient (Wildman–Crippen LogP) is 2.34. The molecule has 98 valence electrons. The van der Waals surface area contributed by atoms with Crippen molar-refractivity contribution in [2.45, 2.75) is 13.8 Å². The Morgan fingerprint density at radius 3 is 2.56 bits per heavy atom. The van der Waals surface area contributed by atoms with E-state index in [0.29, 0.717) is 0 Å². The van der Waals surface area contributed by atoms with Crippen molar-refractivity contribution in [3.05, 3.63) is 24.5 Å². The number of rotatable bonds is 1. The van der Waals surface area contributed by atoms with E-state index in [1.165, 1.54) is 10.9 Å². The second kappa shape index (κ2) is 5.87. The number of H-pyrrole nitrogens is 1. The third kappa shape index (κ3) is 2.48. The highest BCUT2D eigenvalue weighted by molar-refractivity contribution is 5.90. The van der Waals surface area contributed by atoms with Gasteiger partial charge in [-0.2, -0.15) is 0 Å². The van der Waals surface area contributed by atoms with Gasteiger partial charge in [-0.05, 0) is 19.2 Å². The number of pyridine rings is 1. The van der Waals surface area contributed by atoms with Crippen LogP contribution >= 0.6 is 0 Å². The number of fused-ring (bicyclic) bond motifs is 1. The van der Waals surface area contributed by atoms with Gasteiger partial charge in [0.25, 0.3) is 0 Å². The summed E-state index contributed by atoms with van der Waals surface area (Å²) < 4.78 is 0. The van der Waals surface area contributed by atoms with Crippen molar-refractivity contribution in [3.63, 3.8) is 0 Å². The van der Waals surface area contributed by atoms with Crippen molar-refractivity contribution >= 4 is 16.7 Å². The highest BCUT2D eigenvalue weighted by Crippen LogP contribution is 2.23. The van der Waals surface area contributed by atoms with Crippen molar-refractivity contribution in [1.82, 2.24) is 14.9 Å². The van der Waals surface area contributed by atoms with Crippen LogP contribution in [-0.4, -0.2) is 48.1 Å². The molecule has 0 atom stereocenters. The zero-order chi connectivity index (χ0) is 13.0. The molecule has 3 heterocycles. The van der Waals surface area contributed by atoms with Crippen LogP contribution in [0.25, 0.3) is 10.9 Å². The van der Waals surface area contributed by atoms with Gasteiger partial charge < -0.3 is 14.8 Å². The Kier molecular flexibility index (Phi) is 4.20. The highest BCUT2D eigenvalue weighted by Gasteiger charge is 2.17. The Morgan fingerprint density at radius 2 is 1.83 bits per heavy atom. The van der Waals surface area contributed by atoms with E-state index in [2.05, 4.69) is 32.9 Å². The number of nitrogens with one attached hydrogen (secondary N) is 1. The van der Waals surface area contributed by atoms with Gasteiger partial charge in [0, 0.05) is 44.0 Å². The number of piperazine rings is 1. The first-order chi connectivity index (χ1) is 8.84. The minimum absolute atomic E-state index is 1.06. The van der Waals surface area contributed by atoms with Crippen LogP contribution in [0.15, 0.2) is 24.5 Å². The summed E-state index contributed by atoms with van der Waals surface area (Å²) in [5.74, 6) is 1.12. The van der Waals surface area contributed by atoms with E-state index >= 15 is 0 Å². The third-order valence-corrected chi connectivity index (χ3v) is 3.26. The van der Waals surface area contributed by atoms with Crippen LogP contribution in [0, 0.1) is 0 Å². The molecule has 0 bridgehead atoms. The van der Waals surface area contributed by atoms with Crippen molar-refractivity contribution in [3.8, 4) is 0 Å². The van der Waals surface area contributed by atoms with E-state index in [1.807, 2.05) is 32.3 Å². The number of aromatic nitrogens is 2. The van der Waals surface area contributed by atoms with Gasteiger partial charge in [-0.1, -0.05) is 13.8 Å². The number of hydrogen-bond acceptors (Lipinski definition) is 3. The molecule has 1 aliphatic heterocycles. The summed E-state index contributed by atoms with van der Waals surface area (Å²) in [7, 11) is 2.17. The van der Waals surface area contributed by atoms with Gasteiger partial charge in [-0.15, -0.1) is 0 Å². The number of hydrogen-bond donors (Lipinski definition) is 1. The summed E-state index contributed by atoms with van der Waals surface area (Å²) in [6.07, 6.45) is 3.86. The first kappa shape index (κ1) is 12.9. The number of nitrogens with zero attached hydrogens (tertiary/aromatic N) is 3. The summed E-state index contributed by atoms with van der Waals surface area (Å²) in [6.45, 7) is 8.35. The lowest BCUT2D eigenvalue weighted by atomic mass is 10.2. The van der Waals surface area contributed by atoms with Crippen LogP contribution < -0.4 is 4.90 Å². The van der Waals surface area contributed by atoms with E-state index < -0.39 is 0 Å². The van der Waals surface area contributed by atoms with E-state index in [1.54, 1.807) is 0 Å². The Labute approximate surface area is 109 Å². The zero-order valence-corrected chi connectivity index (χ0v) is 11.5. The number of aromatic amines is 1. The molecule has 4 nitrogen and oxygen atoms in total. The van der Waals surface area contributed by atoms with Gasteiger partial charge in [0.15, 0.2) is 0 Å². The van der Waals surface area contributed by atoms with Gasteiger partial charge in [0.2, 0.25) is 0 Å². The summed E-state index contributed by atoms with van der Waals surface area (Å²) in [5.41, 5.74) is 1.17. The standard InChI is InChI=1S/C12H16N4.C2H6/c1-15-6-8-16(9-7-15)12-10-2-4-13-11(10)3-5-14-12;1-2/h2-5,13H,6-9H2,1H3;1-2H3. The van der Waals surface area contributed by atoms with E-state index in [-0.39, 0.29) is 0 Å². The molecule has 0 spiro atoms. The molecule has 0 radical (unpaired) electrons. The molecule has 18 heavy (non-hydrogen) atoms. The van der Waals surface area contributed by atoms with Gasteiger partial charge >= 0.3 is 0 Å². The molecule has 2 aromatic rings. The van der Waals surface area contributed by atoms with Gasteiger partial charge in [0.05, 0.1) is 5.52 Å². The van der Waals surface area contributed by atoms with Crippen LogP contribution in [0.2, 0.25) is 0 Å². The van der Waals surface area contributed by atoms with Gasteiger partial charge in [-0.25, -0.2) is 4.98 Å². The fourth-order valence-electron chi connectivity index (χ4n) is 2.24. The predicted molar refractivity (Wildman–Crippen MR) is 77.2 cm³/mol. The van der Waals surface area contributed by atoms with Gasteiger partial charge in [-0.3, -0.25) is 0 Å². The first-order valence-electron chi connectivity index (χ1n) is 6.70. The smallest absolute Gasteiger partial charge is 0.138 e. The molecule has 0 aliphatic carbocycles. The van der Waals surface area contributed by atoms with Crippen LogP contribution in [0.5, 0.6) is 0 Å². The normalized spacial score (nSPS) is 16.5. The maximum Gasteiger partial charge on any atom is 0.138 e. The monoisotopic (exact) mass is 246 g/mol. The van der Waals surface area contributed by atoms with Crippen molar-refractivity contribution in [2.75, 3.05) is 38.1 Å². The SMILES string of the molecule is CC.CN1CCN(c2nccc3[nH]ccc23)CC1. The fourth-order valence-corrected chi connectivity index (χ4v) is 2.24. The molecule has 1 fully saturated rings. The minimum Gasteiger partial charge on any atom is -0.361 e. The molecule has 0 unspecified atom stereocenters. The van der Waals surface area contributed by atoms with E-state index in [9.17, 15) is 0 Å². The average molecular weight is 246 g/mol. The molecule has 1 N–H and O–H groups in total. The molecule has 1 aliphatic rings. The van der Waals surface area contributed by atoms with Crippen molar-refractivity contribution in [1.29, 1.82) is 0 Å². The van der Waals surface area contributed by atoms with Crippen molar-refractivity contribution < 1.29 is 0 Å². The molecular formula is C14H22N4. The lowest BCUT2D eigenvalue weighted by Gasteiger charge is -2.33. The van der Waals surface area contributed by atoms with Crippen LogP contribution in [0.3, 0.4) is 0 Å². The van der Waals surface area contributed by atoms with E-state index in [4.69, 9.17) is 0 Å². The van der Waals surface area contributed by atoms with Crippen LogP contribution in [-0.2, 0) is 0 Å². The Hall–Kier alpha value is -1.55. The molecular weight excluding hydrogens is 224 g/mol. The maximum atomic E-state index is 4.52. The van der Waals surface area contributed by atoms with Crippen LogP contribution in [0.4, 0.5) is 5.82 Å². The maximum absolute atomic E-state index is 4.52. The fraction of sp³-hybridized carbons (Fsp3) is 0.500. The third-order valence-electron chi connectivity index (χ3n) is 3.26. The second-order valence-corrected chi connectivity index (χ2v) is 4.36. The second-order valence-electron chi connectivity index (χ2n) is 4.36. The van der Waals surface area contributed by atoms with Crippen molar-refractivity contribution in [2.24, 2.45) is 0 Å². The Morgan fingerprint density at radius 1 is 1.11 bits per heavy atom. The molecule has 4 heteroatoms. The van der Waals surface area contributed by atoms with Gasteiger partial charge in [0.1, 0.15) is 5.82 Å². The number of anilines is 1. The highest BCUT2D eigenvalue weighted by atomic mass is 15.3. The molecule has 3 rings (SSSR count). The topological polar surface area (TPSA) is 35.2 Å². The summed E-state index contributed by atoms with van der Waals surface area (Å²) in [4.78, 5) is 12.5. The quantitative estimate of drug-likeness (QED) is 0.839. The minimum atomic E-state index is 1.06. The lowest BCUT2D eigenvalue weighted by Crippen LogP contribution is -2.44. The average Bonchev–Trinajstić information content (AvgIpc) is 2.90. The molecule has 0 saturated carbocycles. The molecule has 0 amide bonds. The van der Waals surface area contributed by atoms with E-state index in [0.717, 1.165) is 32.0 Å². The summed E-state index contributed by atoms with van der Waals surface area (Å²) in [6, 6.07) is 4.13.